The molecule has 0 heteroatoms. The van der Waals surface area contributed by atoms with Crippen molar-refractivity contribution in [2.75, 3.05) is 0 Å². The fourth-order valence-electron chi connectivity index (χ4n) is 9.80. The first-order valence-corrected chi connectivity index (χ1v) is 21.6. The number of aryl methyl sites for hydroxylation is 5. The van der Waals surface area contributed by atoms with Crippen LogP contribution in [-0.2, 0) is 31.1 Å². The molecule has 52 heavy (non-hydrogen) atoms. The van der Waals surface area contributed by atoms with Gasteiger partial charge < -0.3 is 0 Å². The maximum Gasteiger partial charge on any atom is 0.0464 e. The molecule has 0 aliphatic heterocycles. The van der Waals surface area contributed by atoms with Crippen molar-refractivity contribution in [1.82, 2.24) is 0 Å². The van der Waals surface area contributed by atoms with Gasteiger partial charge in [-0.15, -0.1) is 0 Å². The van der Waals surface area contributed by atoms with Crippen LogP contribution in [0.4, 0.5) is 0 Å². The van der Waals surface area contributed by atoms with Gasteiger partial charge in [-0.1, -0.05) is 176 Å². The van der Waals surface area contributed by atoms with Gasteiger partial charge in [0.2, 0.25) is 0 Å². The quantitative estimate of drug-likeness (QED) is 0.0857. The fraction of sp³-hybridized carbons (Fsp3) is 0.538. The van der Waals surface area contributed by atoms with E-state index in [1.807, 2.05) is 0 Å². The lowest BCUT2D eigenvalue weighted by Gasteiger charge is -2.35. The Morgan fingerprint density at radius 1 is 0.558 bits per heavy atom. The summed E-state index contributed by atoms with van der Waals surface area (Å²) in [7, 11) is 0. The minimum absolute atomic E-state index is 0.0916. The second-order valence-corrected chi connectivity index (χ2v) is 18.3. The lowest BCUT2D eigenvalue weighted by Crippen LogP contribution is -2.28. The van der Waals surface area contributed by atoms with E-state index in [1.54, 1.807) is 44.5 Å². The third-order valence-electron chi connectivity index (χ3n) is 12.5. The third kappa shape index (κ3) is 8.97. The highest BCUT2D eigenvalue weighted by Crippen LogP contribution is 2.56. The Hall–Kier alpha value is -3.12. The van der Waals surface area contributed by atoms with Crippen molar-refractivity contribution in [3.05, 3.63) is 128 Å². The van der Waals surface area contributed by atoms with Crippen molar-refractivity contribution in [3.8, 4) is 11.1 Å². The smallest absolute Gasteiger partial charge is 0.0464 e. The van der Waals surface area contributed by atoms with Gasteiger partial charge in [-0.2, -0.15) is 0 Å². The monoisotopic (exact) mass is 695 g/mol. The minimum Gasteiger partial charge on any atom is -0.0654 e. The summed E-state index contributed by atoms with van der Waals surface area (Å²) in [6, 6.07) is 30.0. The second kappa shape index (κ2) is 17.3. The van der Waals surface area contributed by atoms with Crippen molar-refractivity contribution in [1.29, 1.82) is 0 Å². The van der Waals surface area contributed by atoms with Gasteiger partial charge in [0.25, 0.3) is 0 Å². The predicted molar refractivity (Wildman–Crippen MR) is 227 cm³/mol. The van der Waals surface area contributed by atoms with Crippen LogP contribution in [0.3, 0.4) is 0 Å². The maximum absolute atomic E-state index is 2.66. The van der Waals surface area contributed by atoms with E-state index in [1.165, 1.54) is 138 Å². The molecule has 0 amide bonds. The van der Waals surface area contributed by atoms with Gasteiger partial charge in [0, 0.05) is 5.41 Å². The Morgan fingerprint density at radius 3 is 1.63 bits per heavy atom. The lowest BCUT2D eigenvalue weighted by atomic mass is 9.68. The van der Waals surface area contributed by atoms with Crippen LogP contribution < -0.4 is 0 Å². The molecule has 0 nitrogen and oxygen atoms in total. The molecule has 1 atom stereocenters. The molecule has 0 fully saturated rings. The van der Waals surface area contributed by atoms with Crippen molar-refractivity contribution < 1.29 is 0 Å². The summed E-state index contributed by atoms with van der Waals surface area (Å²) < 4.78 is 0. The largest absolute Gasteiger partial charge is 0.0654 e. The minimum atomic E-state index is -0.0916. The van der Waals surface area contributed by atoms with E-state index in [0.717, 1.165) is 5.92 Å². The molecule has 278 valence electrons. The van der Waals surface area contributed by atoms with E-state index in [2.05, 4.69) is 121 Å². The number of hydrogen-bond donors (Lipinski definition) is 0. The Morgan fingerprint density at radius 2 is 1.10 bits per heavy atom. The number of unbranched alkanes of at least 4 members (excludes halogenated alkanes) is 9. The zero-order valence-electron chi connectivity index (χ0n) is 34.2. The summed E-state index contributed by atoms with van der Waals surface area (Å²) in [5.41, 5.74) is 18.6. The molecule has 0 bridgehead atoms. The van der Waals surface area contributed by atoms with E-state index >= 15 is 0 Å². The molecule has 0 N–H and O–H groups in total. The first-order chi connectivity index (χ1) is 25.1. The predicted octanol–water partition coefficient (Wildman–Crippen LogP) is 15.1. The van der Waals surface area contributed by atoms with Crippen LogP contribution in [0.2, 0.25) is 0 Å². The summed E-state index contributed by atoms with van der Waals surface area (Å²) in [6.45, 7) is 16.4. The molecule has 1 unspecified atom stereocenters. The van der Waals surface area contributed by atoms with Gasteiger partial charge >= 0.3 is 0 Å². The lowest BCUT2D eigenvalue weighted by molar-refractivity contribution is 0.323. The molecule has 2 aliphatic rings. The Kier molecular flexibility index (Phi) is 12.9. The van der Waals surface area contributed by atoms with Crippen LogP contribution in [-0.4, -0.2) is 0 Å². The number of benzene rings is 4. The van der Waals surface area contributed by atoms with Gasteiger partial charge in [0.1, 0.15) is 0 Å². The zero-order chi connectivity index (χ0) is 36.7. The molecule has 0 heterocycles. The Bertz CT molecular complexity index is 1690. The molecular weight excluding hydrogens is 625 g/mol. The van der Waals surface area contributed by atoms with Crippen molar-refractivity contribution >= 4 is 0 Å². The summed E-state index contributed by atoms with van der Waals surface area (Å²) in [5.74, 6) is 0.772. The number of fused-ring (bicyclic) bond motifs is 4. The molecule has 0 saturated carbocycles. The molecule has 4 aromatic rings. The topological polar surface area (TPSA) is 0 Å². The van der Waals surface area contributed by atoms with Crippen LogP contribution >= 0.6 is 0 Å². The van der Waals surface area contributed by atoms with Crippen LogP contribution in [0, 0.1) is 19.3 Å². The van der Waals surface area contributed by atoms with Gasteiger partial charge in [-0.3, -0.25) is 0 Å². The molecule has 4 aromatic carbocycles. The van der Waals surface area contributed by atoms with Gasteiger partial charge in [0.05, 0.1) is 0 Å². The van der Waals surface area contributed by atoms with E-state index < -0.39 is 0 Å². The third-order valence-corrected chi connectivity index (χ3v) is 12.5. The van der Waals surface area contributed by atoms with E-state index in [0.29, 0.717) is 5.41 Å². The summed E-state index contributed by atoms with van der Waals surface area (Å²) in [4.78, 5) is 0. The summed E-state index contributed by atoms with van der Waals surface area (Å²) >= 11 is 0. The first-order valence-electron chi connectivity index (χ1n) is 21.6. The average Bonchev–Trinajstić information content (AvgIpc) is 3.37. The van der Waals surface area contributed by atoms with Crippen molar-refractivity contribution in [2.45, 2.75) is 175 Å². The molecule has 0 spiro atoms. The molecule has 0 radical (unpaired) electrons. The van der Waals surface area contributed by atoms with Crippen LogP contribution in [0.5, 0.6) is 0 Å². The van der Waals surface area contributed by atoms with E-state index in [4.69, 9.17) is 0 Å². The van der Waals surface area contributed by atoms with E-state index in [9.17, 15) is 0 Å². The Balaban J connectivity index is 1.24. The van der Waals surface area contributed by atoms with Crippen molar-refractivity contribution in [3.63, 3.8) is 0 Å². The van der Waals surface area contributed by atoms with Gasteiger partial charge in [-0.05, 0) is 139 Å². The summed E-state index contributed by atoms with van der Waals surface area (Å²) in [5, 5.41) is 0. The summed E-state index contributed by atoms with van der Waals surface area (Å²) in [6.07, 6.45) is 23.1. The van der Waals surface area contributed by atoms with Crippen LogP contribution in [0.25, 0.3) is 11.1 Å². The first kappa shape index (κ1) is 38.6. The average molecular weight is 695 g/mol. The normalized spacial score (nSPS) is 15.6. The number of hydrogen-bond acceptors (Lipinski definition) is 0. The van der Waals surface area contributed by atoms with Crippen LogP contribution in [0.1, 0.15) is 186 Å². The highest BCUT2D eigenvalue weighted by atomic mass is 14.5. The van der Waals surface area contributed by atoms with Gasteiger partial charge in [-0.25, -0.2) is 0 Å². The standard InChI is InChI=1S/C52H70/c1-8-10-12-16-21-41-32-42(22-17-13-11-9-2)35-45(34-41)52(49-30-38(3)23-26-47(49)48-27-24-39(4)31-50(48)52)29-19-15-14-18-20-40-25-28-46-43(33-40)36-44(46)37-51(5,6)7/h23-28,30-35,44H,8-22,29,36-37H2,1-7H3. The van der Waals surface area contributed by atoms with Crippen LogP contribution in [0.15, 0.2) is 72.8 Å². The van der Waals surface area contributed by atoms with Crippen molar-refractivity contribution in [2.24, 2.45) is 5.41 Å². The number of rotatable bonds is 19. The highest BCUT2D eigenvalue weighted by Gasteiger charge is 2.44. The molecular formula is C52H70. The van der Waals surface area contributed by atoms with Gasteiger partial charge in [0.15, 0.2) is 0 Å². The fourth-order valence-corrected chi connectivity index (χ4v) is 9.80. The molecule has 0 saturated heterocycles. The maximum atomic E-state index is 2.66. The molecule has 0 aromatic heterocycles. The molecule has 2 aliphatic carbocycles. The molecule has 6 rings (SSSR count). The SMILES string of the molecule is CCCCCCc1cc(CCCCCC)cc(C2(CCCCCCc3ccc4c(c3)CC4CC(C)(C)C)c3cc(C)ccc3-c3ccc(C)cc32)c1. The zero-order valence-corrected chi connectivity index (χ0v) is 34.2. The second-order valence-electron chi connectivity index (χ2n) is 18.3. The Labute approximate surface area is 319 Å². The van der Waals surface area contributed by atoms with E-state index in [-0.39, 0.29) is 5.41 Å². The highest BCUT2D eigenvalue weighted by molar-refractivity contribution is 5.84.